The van der Waals surface area contributed by atoms with Crippen molar-refractivity contribution in [2.75, 3.05) is 13.2 Å². The molecule has 5 nitrogen and oxygen atoms in total. The zero-order valence-electron chi connectivity index (χ0n) is 13.7. The summed E-state index contributed by atoms with van der Waals surface area (Å²) in [6.45, 7) is 2.00. The molecule has 0 saturated carbocycles. The Morgan fingerprint density at radius 3 is 2.48 bits per heavy atom. The van der Waals surface area contributed by atoms with Crippen LogP contribution in [0.15, 0.2) is 54.7 Å². The predicted octanol–water partition coefficient (Wildman–Crippen LogP) is 2.71. The Bertz CT molecular complexity index is 871. The molecule has 3 aromatic rings. The van der Waals surface area contributed by atoms with Gasteiger partial charge in [-0.1, -0.05) is 29.8 Å². The smallest absolute Gasteiger partial charge is 0.255 e. The standard InChI is InChI=1S/C19H18FN3O2/c1-13-2-4-14(5-3-13)18-17(19(25)21-10-11-24)12-23(22-18)16-8-6-15(20)7-9-16/h2-9,12,24H,10-11H2,1H3,(H,21,25). The minimum Gasteiger partial charge on any atom is -0.395 e. The van der Waals surface area contributed by atoms with Crippen molar-refractivity contribution in [2.45, 2.75) is 6.92 Å². The molecule has 128 valence electrons. The molecular weight excluding hydrogens is 321 g/mol. The van der Waals surface area contributed by atoms with Gasteiger partial charge in [0.2, 0.25) is 0 Å². The molecule has 0 radical (unpaired) electrons. The van der Waals surface area contributed by atoms with Crippen molar-refractivity contribution in [1.29, 1.82) is 0 Å². The molecule has 0 saturated heterocycles. The average molecular weight is 339 g/mol. The first-order valence-corrected chi connectivity index (χ1v) is 7.90. The van der Waals surface area contributed by atoms with Gasteiger partial charge in [0.25, 0.3) is 5.91 Å². The molecule has 1 amide bonds. The summed E-state index contributed by atoms with van der Waals surface area (Å²) in [5, 5.41) is 16.1. The van der Waals surface area contributed by atoms with E-state index in [0.29, 0.717) is 16.9 Å². The Hall–Kier alpha value is -2.99. The number of nitrogens with zero attached hydrogens (tertiary/aromatic N) is 2. The normalized spacial score (nSPS) is 10.7. The maximum Gasteiger partial charge on any atom is 0.255 e. The van der Waals surface area contributed by atoms with Crippen molar-refractivity contribution in [1.82, 2.24) is 15.1 Å². The van der Waals surface area contributed by atoms with Crippen LogP contribution in [0.25, 0.3) is 16.9 Å². The Morgan fingerprint density at radius 2 is 1.84 bits per heavy atom. The van der Waals surface area contributed by atoms with Gasteiger partial charge in [0.1, 0.15) is 11.5 Å². The fourth-order valence-electron chi connectivity index (χ4n) is 2.46. The Labute approximate surface area is 144 Å². The van der Waals surface area contributed by atoms with E-state index in [1.807, 2.05) is 31.2 Å². The second-order valence-electron chi connectivity index (χ2n) is 5.66. The maximum absolute atomic E-state index is 13.1. The summed E-state index contributed by atoms with van der Waals surface area (Å²) in [5.74, 6) is -0.659. The van der Waals surface area contributed by atoms with Crippen molar-refractivity contribution in [3.05, 3.63) is 71.7 Å². The van der Waals surface area contributed by atoms with Crippen LogP contribution in [0.4, 0.5) is 4.39 Å². The number of aryl methyl sites for hydroxylation is 1. The number of nitrogens with one attached hydrogen (secondary N) is 1. The van der Waals surface area contributed by atoms with Crippen LogP contribution in [0.5, 0.6) is 0 Å². The van der Waals surface area contributed by atoms with Crippen LogP contribution >= 0.6 is 0 Å². The lowest BCUT2D eigenvalue weighted by Crippen LogP contribution is -2.26. The van der Waals surface area contributed by atoms with E-state index >= 15 is 0 Å². The predicted molar refractivity (Wildman–Crippen MR) is 93.1 cm³/mol. The molecule has 0 atom stereocenters. The Kier molecular flexibility index (Phi) is 4.90. The molecule has 0 fully saturated rings. The number of carbonyl (C=O) groups excluding carboxylic acids is 1. The summed E-state index contributed by atoms with van der Waals surface area (Å²) in [5.41, 5.74) is 3.48. The van der Waals surface area contributed by atoms with Crippen molar-refractivity contribution in [2.24, 2.45) is 0 Å². The first kappa shape index (κ1) is 16.9. The Morgan fingerprint density at radius 1 is 1.16 bits per heavy atom. The molecule has 0 aliphatic rings. The third-order valence-corrected chi connectivity index (χ3v) is 3.77. The van der Waals surface area contributed by atoms with Crippen LogP contribution in [-0.4, -0.2) is 33.9 Å². The number of hydrogen-bond acceptors (Lipinski definition) is 3. The van der Waals surface area contributed by atoms with E-state index in [-0.39, 0.29) is 24.9 Å². The van der Waals surface area contributed by atoms with Gasteiger partial charge >= 0.3 is 0 Å². The van der Waals surface area contributed by atoms with Gasteiger partial charge in [0.15, 0.2) is 0 Å². The van der Waals surface area contributed by atoms with Crippen LogP contribution in [0, 0.1) is 12.7 Å². The molecule has 2 N–H and O–H groups in total. The minimum absolute atomic E-state index is 0.141. The number of aliphatic hydroxyl groups excluding tert-OH is 1. The fraction of sp³-hybridized carbons (Fsp3) is 0.158. The van der Waals surface area contributed by atoms with Gasteiger partial charge in [0.05, 0.1) is 17.9 Å². The highest BCUT2D eigenvalue weighted by Crippen LogP contribution is 2.24. The summed E-state index contributed by atoms with van der Waals surface area (Å²) < 4.78 is 14.7. The number of hydrogen-bond donors (Lipinski definition) is 2. The largest absolute Gasteiger partial charge is 0.395 e. The van der Waals surface area contributed by atoms with Crippen molar-refractivity contribution < 1.29 is 14.3 Å². The van der Waals surface area contributed by atoms with E-state index in [9.17, 15) is 9.18 Å². The molecule has 1 heterocycles. The third kappa shape index (κ3) is 3.75. The minimum atomic E-state index is -0.337. The zero-order valence-corrected chi connectivity index (χ0v) is 13.7. The van der Waals surface area contributed by atoms with Crippen LogP contribution in [-0.2, 0) is 0 Å². The fourth-order valence-corrected chi connectivity index (χ4v) is 2.46. The number of amides is 1. The molecule has 0 unspecified atom stereocenters. The van der Waals surface area contributed by atoms with E-state index in [2.05, 4.69) is 10.4 Å². The zero-order chi connectivity index (χ0) is 17.8. The molecule has 0 bridgehead atoms. The topological polar surface area (TPSA) is 67.2 Å². The van der Waals surface area contributed by atoms with Crippen LogP contribution in [0.2, 0.25) is 0 Å². The van der Waals surface area contributed by atoms with Crippen molar-refractivity contribution >= 4 is 5.91 Å². The van der Waals surface area contributed by atoms with Gasteiger partial charge in [-0.15, -0.1) is 0 Å². The van der Waals surface area contributed by atoms with E-state index in [1.165, 1.54) is 12.1 Å². The molecule has 6 heteroatoms. The first-order chi connectivity index (χ1) is 12.1. The SMILES string of the molecule is Cc1ccc(-c2nn(-c3ccc(F)cc3)cc2C(=O)NCCO)cc1. The van der Waals surface area contributed by atoms with Crippen LogP contribution in [0.3, 0.4) is 0 Å². The quantitative estimate of drug-likeness (QED) is 0.751. The van der Waals surface area contributed by atoms with Gasteiger partial charge in [-0.2, -0.15) is 5.10 Å². The molecule has 0 spiro atoms. The first-order valence-electron chi connectivity index (χ1n) is 7.90. The van der Waals surface area contributed by atoms with Gasteiger partial charge in [-0.3, -0.25) is 4.79 Å². The molecular formula is C19H18FN3O2. The second-order valence-corrected chi connectivity index (χ2v) is 5.66. The number of aliphatic hydroxyl groups is 1. The summed E-state index contributed by atoms with van der Waals surface area (Å²) in [6.07, 6.45) is 1.61. The number of carbonyl (C=O) groups is 1. The highest BCUT2D eigenvalue weighted by atomic mass is 19.1. The highest BCUT2D eigenvalue weighted by Gasteiger charge is 2.18. The number of benzene rings is 2. The van der Waals surface area contributed by atoms with Crippen molar-refractivity contribution in [3.63, 3.8) is 0 Å². The summed E-state index contributed by atoms with van der Waals surface area (Å²) in [6, 6.07) is 13.6. The average Bonchev–Trinajstić information content (AvgIpc) is 3.06. The Balaban J connectivity index is 2.05. The van der Waals surface area contributed by atoms with E-state index in [0.717, 1.165) is 11.1 Å². The monoisotopic (exact) mass is 339 g/mol. The lowest BCUT2D eigenvalue weighted by Gasteiger charge is -2.04. The van der Waals surface area contributed by atoms with Gasteiger partial charge in [0, 0.05) is 18.3 Å². The molecule has 0 aliphatic heterocycles. The third-order valence-electron chi connectivity index (χ3n) is 3.77. The van der Waals surface area contributed by atoms with Gasteiger partial charge in [-0.25, -0.2) is 9.07 Å². The molecule has 3 rings (SSSR count). The summed E-state index contributed by atoms with van der Waals surface area (Å²) >= 11 is 0. The van der Waals surface area contributed by atoms with E-state index in [4.69, 9.17) is 5.11 Å². The molecule has 1 aromatic heterocycles. The maximum atomic E-state index is 13.1. The van der Waals surface area contributed by atoms with Gasteiger partial charge in [-0.05, 0) is 31.2 Å². The highest BCUT2D eigenvalue weighted by molar-refractivity contribution is 5.99. The second kappa shape index (κ2) is 7.27. The molecule has 2 aromatic carbocycles. The van der Waals surface area contributed by atoms with E-state index in [1.54, 1.807) is 23.0 Å². The lowest BCUT2D eigenvalue weighted by atomic mass is 10.1. The van der Waals surface area contributed by atoms with E-state index < -0.39 is 0 Å². The molecule has 0 aliphatic carbocycles. The number of halogens is 1. The van der Waals surface area contributed by atoms with Crippen LogP contribution < -0.4 is 5.32 Å². The van der Waals surface area contributed by atoms with Crippen molar-refractivity contribution in [3.8, 4) is 16.9 Å². The van der Waals surface area contributed by atoms with Gasteiger partial charge < -0.3 is 10.4 Å². The number of rotatable bonds is 5. The summed E-state index contributed by atoms with van der Waals surface area (Å²) in [7, 11) is 0. The van der Waals surface area contributed by atoms with Crippen LogP contribution in [0.1, 0.15) is 15.9 Å². The number of aromatic nitrogens is 2. The lowest BCUT2D eigenvalue weighted by molar-refractivity contribution is 0.0945. The molecule has 25 heavy (non-hydrogen) atoms. The summed E-state index contributed by atoms with van der Waals surface area (Å²) in [4.78, 5) is 12.4.